The summed E-state index contributed by atoms with van der Waals surface area (Å²) in [6.07, 6.45) is 3.84. The minimum atomic E-state index is -0.337. The molecular formula is C16H17NO3. The zero-order chi connectivity index (χ0) is 14.2. The molecule has 104 valence electrons. The normalized spacial score (nSPS) is 11.2. The van der Waals surface area contributed by atoms with Crippen molar-refractivity contribution in [3.63, 3.8) is 0 Å². The first-order valence-electron chi connectivity index (χ1n) is 6.41. The Morgan fingerprint density at radius 3 is 2.70 bits per heavy atom. The lowest BCUT2D eigenvalue weighted by atomic mass is 10.1. The summed E-state index contributed by atoms with van der Waals surface area (Å²) in [4.78, 5) is 11.7. The lowest BCUT2D eigenvalue weighted by Gasteiger charge is -2.08. The van der Waals surface area contributed by atoms with Crippen LogP contribution in [0.5, 0.6) is 0 Å². The summed E-state index contributed by atoms with van der Waals surface area (Å²) in [5.74, 6) is 0.307. The molecule has 1 aromatic carbocycles. The van der Waals surface area contributed by atoms with E-state index >= 15 is 0 Å². The van der Waals surface area contributed by atoms with Crippen molar-refractivity contribution in [3.8, 4) is 0 Å². The maximum absolute atomic E-state index is 11.7. The summed E-state index contributed by atoms with van der Waals surface area (Å²) < 4.78 is 10.0. The molecule has 0 radical (unpaired) electrons. The fraction of sp³-hybridized carbons (Fsp3) is 0.188. The van der Waals surface area contributed by atoms with E-state index in [-0.39, 0.29) is 5.97 Å². The lowest BCUT2D eigenvalue weighted by Crippen LogP contribution is -2.10. The Bertz CT molecular complexity index is 559. The molecule has 0 aliphatic rings. The zero-order valence-corrected chi connectivity index (χ0v) is 11.3. The average Bonchev–Trinajstić information content (AvgIpc) is 2.99. The third-order valence-electron chi connectivity index (χ3n) is 2.80. The van der Waals surface area contributed by atoms with Crippen LogP contribution in [0.15, 0.2) is 58.7 Å². The number of methoxy groups -OCH3 is 1. The van der Waals surface area contributed by atoms with Gasteiger partial charge in [0, 0.05) is 17.8 Å². The van der Waals surface area contributed by atoms with E-state index in [4.69, 9.17) is 9.15 Å². The highest BCUT2D eigenvalue weighted by molar-refractivity contribution is 5.93. The largest absolute Gasteiger partial charge is 0.466 e. The first kappa shape index (κ1) is 13.9. The summed E-state index contributed by atoms with van der Waals surface area (Å²) in [7, 11) is 1.38. The maximum atomic E-state index is 11.7. The highest BCUT2D eigenvalue weighted by atomic mass is 16.5. The Balaban J connectivity index is 1.97. The van der Waals surface area contributed by atoms with Gasteiger partial charge in [-0.2, -0.15) is 0 Å². The maximum Gasteiger partial charge on any atom is 0.333 e. The van der Waals surface area contributed by atoms with Gasteiger partial charge in [0.15, 0.2) is 0 Å². The summed E-state index contributed by atoms with van der Waals surface area (Å²) in [6, 6.07) is 13.4. The molecule has 1 aromatic heterocycles. The second kappa shape index (κ2) is 7.19. The van der Waals surface area contributed by atoms with Gasteiger partial charge in [-0.15, -0.1) is 0 Å². The van der Waals surface area contributed by atoms with Crippen molar-refractivity contribution in [1.29, 1.82) is 0 Å². The zero-order valence-electron chi connectivity index (χ0n) is 11.3. The van der Waals surface area contributed by atoms with E-state index in [9.17, 15) is 4.79 Å². The van der Waals surface area contributed by atoms with Crippen LogP contribution in [0.2, 0.25) is 0 Å². The number of ether oxygens (including phenoxy) is 1. The van der Waals surface area contributed by atoms with E-state index in [0.717, 1.165) is 5.69 Å². The molecule has 0 aliphatic carbocycles. The molecule has 0 saturated carbocycles. The molecule has 20 heavy (non-hydrogen) atoms. The Morgan fingerprint density at radius 1 is 1.25 bits per heavy atom. The van der Waals surface area contributed by atoms with Crippen LogP contribution in [0.25, 0.3) is 6.08 Å². The van der Waals surface area contributed by atoms with Crippen molar-refractivity contribution in [1.82, 2.24) is 0 Å². The first-order chi connectivity index (χ1) is 9.79. The van der Waals surface area contributed by atoms with Crippen molar-refractivity contribution >= 4 is 17.7 Å². The predicted molar refractivity (Wildman–Crippen MR) is 78.2 cm³/mol. The third-order valence-corrected chi connectivity index (χ3v) is 2.80. The van der Waals surface area contributed by atoms with Crippen LogP contribution >= 0.6 is 0 Å². The van der Waals surface area contributed by atoms with E-state index in [1.165, 1.54) is 7.11 Å². The fourth-order valence-electron chi connectivity index (χ4n) is 1.81. The minimum Gasteiger partial charge on any atom is -0.466 e. The number of benzene rings is 1. The minimum absolute atomic E-state index is 0.337. The van der Waals surface area contributed by atoms with E-state index < -0.39 is 0 Å². The second-order valence-corrected chi connectivity index (χ2v) is 4.22. The van der Waals surface area contributed by atoms with Gasteiger partial charge in [-0.05, 0) is 36.8 Å². The second-order valence-electron chi connectivity index (χ2n) is 4.22. The number of carbonyl (C=O) groups excluding carboxylic acids is 1. The number of nitrogens with one attached hydrogen (secondary N) is 1. The molecule has 0 spiro atoms. The van der Waals surface area contributed by atoms with Crippen molar-refractivity contribution < 1.29 is 13.9 Å². The molecule has 0 saturated heterocycles. The standard InChI is InChI=1S/C16H17NO3/c1-19-16(18)13(12-15-8-5-11-20-15)9-10-17-14-6-3-2-4-7-14/h2-8,11-12,17H,9-10H2,1H3/b13-12+. The van der Waals surface area contributed by atoms with E-state index in [1.807, 2.05) is 30.3 Å². The van der Waals surface area contributed by atoms with Crippen LogP contribution in [0.3, 0.4) is 0 Å². The number of para-hydroxylation sites is 1. The summed E-state index contributed by atoms with van der Waals surface area (Å²) in [6.45, 7) is 0.644. The number of anilines is 1. The molecule has 1 heterocycles. The molecule has 1 N–H and O–H groups in total. The van der Waals surface area contributed by atoms with Crippen LogP contribution in [-0.2, 0) is 9.53 Å². The van der Waals surface area contributed by atoms with Crippen LogP contribution in [0.1, 0.15) is 12.2 Å². The van der Waals surface area contributed by atoms with Gasteiger partial charge in [0.1, 0.15) is 5.76 Å². The highest BCUT2D eigenvalue weighted by Gasteiger charge is 2.10. The number of hydrogen-bond donors (Lipinski definition) is 1. The van der Waals surface area contributed by atoms with Gasteiger partial charge in [0.25, 0.3) is 0 Å². The monoisotopic (exact) mass is 271 g/mol. The molecule has 0 atom stereocenters. The third kappa shape index (κ3) is 4.02. The Labute approximate surface area is 118 Å². The number of carbonyl (C=O) groups is 1. The van der Waals surface area contributed by atoms with Crippen molar-refractivity contribution in [2.24, 2.45) is 0 Å². The topological polar surface area (TPSA) is 51.5 Å². The van der Waals surface area contributed by atoms with E-state index in [2.05, 4.69) is 5.32 Å². The molecule has 4 heteroatoms. The Morgan fingerprint density at radius 2 is 2.05 bits per heavy atom. The molecule has 4 nitrogen and oxygen atoms in total. The molecule has 0 bridgehead atoms. The number of furan rings is 1. The molecule has 0 aliphatic heterocycles. The van der Waals surface area contributed by atoms with Gasteiger partial charge in [0.05, 0.1) is 13.4 Å². The average molecular weight is 271 g/mol. The quantitative estimate of drug-likeness (QED) is 0.646. The first-order valence-corrected chi connectivity index (χ1v) is 6.41. The summed E-state index contributed by atoms with van der Waals surface area (Å²) >= 11 is 0. The van der Waals surface area contributed by atoms with Crippen molar-refractivity contribution in [3.05, 3.63) is 60.1 Å². The predicted octanol–water partition coefficient (Wildman–Crippen LogP) is 3.34. The molecule has 2 aromatic rings. The molecule has 2 rings (SSSR count). The number of hydrogen-bond acceptors (Lipinski definition) is 4. The van der Waals surface area contributed by atoms with Crippen LogP contribution in [-0.4, -0.2) is 19.6 Å². The molecule has 0 unspecified atom stereocenters. The van der Waals surface area contributed by atoms with Gasteiger partial charge in [-0.25, -0.2) is 4.79 Å². The fourth-order valence-corrected chi connectivity index (χ4v) is 1.81. The van der Waals surface area contributed by atoms with Gasteiger partial charge in [-0.1, -0.05) is 18.2 Å². The highest BCUT2D eigenvalue weighted by Crippen LogP contribution is 2.13. The van der Waals surface area contributed by atoms with Crippen LogP contribution < -0.4 is 5.32 Å². The van der Waals surface area contributed by atoms with Crippen molar-refractivity contribution in [2.75, 3.05) is 19.0 Å². The smallest absolute Gasteiger partial charge is 0.333 e. The van der Waals surface area contributed by atoms with Crippen LogP contribution in [0, 0.1) is 0 Å². The molecule has 0 amide bonds. The van der Waals surface area contributed by atoms with Gasteiger partial charge in [-0.3, -0.25) is 0 Å². The SMILES string of the molecule is COC(=O)/C(=C/c1ccco1)CCNc1ccccc1. The summed E-state index contributed by atoms with van der Waals surface area (Å²) in [5, 5.41) is 3.25. The van der Waals surface area contributed by atoms with E-state index in [1.54, 1.807) is 24.5 Å². The summed E-state index contributed by atoms with van der Waals surface area (Å²) in [5.41, 5.74) is 1.60. The number of esters is 1. The molecular weight excluding hydrogens is 254 g/mol. The van der Waals surface area contributed by atoms with Crippen LogP contribution in [0.4, 0.5) is 5.69 Å². The molecule has 0 fully saturated rings. The Hall–Kier alpha value is -2.49. The van der Waals surface area contributed by atoms with Crippen molar-refractivity contribution in [2.45, 2.75) is 6.42 Å². The van der Waals surface area contributed by atoms with Gasteiger partial charge < -0.3 is 14.5 Å². The number of rotatable bonds is 6. The van der Waals surface area contributed by atoms with Gasteiger partial charge >= 0.3 is 5.97 Å². The van der Waals surface area contributed by atoms with E-state index in [0.29, 0.717) is 24.3 Å². The van der Waals surface area contributed by atoms with Gasteiger partial charge in [0.2, 0.25) is 0 Å². The Kier molecular flexibility index (Phi) is 5.00. The lowest BCUT2D eigenvalue weighted by molar-refractivity contribution is -0.136.